The summed E-state index contributed by atoms with van der Waals surface area (Å²) >= 11 is 0. The van der Waals surface area contributed by atoms with Crippen LogP contribution in [0, 0.1) is 11.7 Å². The first kappa shape index (κ1) is 14.3. The SMILES string of the molecule is COc1ccc(F)cc1C(CCO)C1CCNCC1. The molecule has 0 aromatic heterocycles. The van der Waals surface area contributed by atoms with Crippen LogP contribution in [-0.2, 0) is 0 Å². The van der Waals surface area contributed by atoms with Crippen LogP contribution in [0.3, 0.4) is 0 Å². The van der Waals surface area contributed by atoms with Crippen molar-refractivity contribution in [1.82, 2.24) is 5.32 Å². The highest BCUT2D eigenvalue weighted by molar-refractivity contribution is 5.37. The maximum atomic E-state index is 13.5. The van der Waals surface area contributed by atoms with E-state index < -0.39 is 0 Å². The lowest BCUT2D eigenvalue weighted by molar-refractivity contribution is 0.231. The van der Waals surface area contributed by atoms with Crippen LogP contribution in [0.15, 0.2) is 18.2 Å². The van der Waals surface area contributed by atoms with Crippen molar-refractivity contribution in [2.45, 2.75) is 25.2 Å². The highest BCUT2D eigenvalue weighted by atomic mass is 19.1. The first-order valence-electron chi connectivity index (χ1n) is 6.91. The zero-order valence-corrected chi connectivity index (χ0v) is 11.4. The van der Waals surface area contributed by atoms with Gasteiger partial charge in [0.1, 0.15) is 11.6 Å². The van der Waals surface area contributed by atoms with Crippen LogP contribution in [0.1, 0.15) is 30.7 Å². The zero-order valence-electron chi connectivity index (χ0n) is 11.4. The van der Waals surface area contributed by atoms with E-state index in [1.54, 1.807) is 19.2 Å². The maximum absolute atomic E-state index is 13.5. The molecular weight excluding hydrogens is 245 g/mol. The smallest absolute Gasteiger partial charge is 0.123 e. The molecule has 0 aliphatic carbocycles. The summed E-state index contributed by atoms with van der Waals surface area (Å²) in [6, 6.07) is 4.65. The minimum Gasteiger partial charge on any atom is -0.496 e. The second-order valence-corrected chi connectivity index (χ2v) is 5.09. The third kappa shape index (κ3) is 3.45. The molecule has 106 valence electrons. The molecule has 3 nitrogen and oxygen atoms in total. The molecule has 1 atom stereocenters. The van der Waals surface area contributed by atoms with Gasteiger partial charge in [-0.15, -0.1) is 0 Å². The second kappa shape index (κ2) is 6.87. The van der Waals surface area contributed by atoms with Gasteiger partial charge in [-0.05, 0) is 62.4 Å². The van der Waals surface area contributed by atoms with Gasteiger partial charge in [-0.3, -0.25) is 0 Å². The van der Waals surface area contributed by atoms with E-state index in [2.05, 4.69) is 5.32 Å². The Kier molecular flexibility index (Phi) is 5.16. The van der Waals surface area contributed by atoms with Gasteiger partial charge in [0, 0.05) is 12.2 Å². The van der Waals surface area contributed by atoms with E-state index in [1.807, 2.05) is 0 Å². The summed E-state index contributed by atoms with van der Waals surface area (Å²) < 4.78 is 18.9. The number of rotatable bonds is 5. The Hall–Kier alpha value is -1.13. The number of hydrogen-bond donors (Lipinski definition) is 2. The van der Waals surface area contributed by atoms with E-state index in [0.717, 1.165) is 37.2 Å². The normalized spacial score (nSPS) is 18.3. The van der Waals surface area contributed by atoms with Gasteiger partial charge in [0.05, 0.1) is 7.11 Å². The standard InChI is InChI=1S/C15H22FNO2/c1-19-15-3-2-12(16)10-14(15)13(6-9-18)11-4-7-17-8-5-11/h2-3,10-11,13,17-18H,4-9H2,1H3. The fourth-order valence-corrected chi connectivity index (χ4v) is 3.03. The molecule has 0 saturated carbocycles. The van der Waals surface area contributed by atoms with Crippen molar-refractivity contribution >= 4 is 0 Å². The summed E-state index contributed by atoms with van der Waals surface area (Å²) in [6.07, 6.45) is 2.78. The van der Waals surface area contributed by atoms with E-state index in [0.29, 0.717) is 12.3 Å². The van der Waals surface area contributed by atoms with Crippen LogP contribution in [0.25, 0.3) is 0 Å². The molecule has 1 aliphatic heterocycles. The van der Waals surface area contributed by atoms with Crippen molar-refractivity contribution < 1.29 is 14.2 Å². The highest BCUT2D eigenvalue weighted by Gasteiger charge is 2.27. The summed E-state index contributed by atoms with van der Waals surface area (Å²) in [6.45, 7) is 2.10. The molecule has 0 radical (unpaired) electrons. The quantitative estimate of drug-likeness (QED) is 0.860. The lowest BCUT2D eigenvalue weighted by Crippen LogP contribution is -2.31. The number of methoxy groups -OCH3 is 1. The Morgan fingerprint density at radius 2 is 2.16 bits per heavy atom. The Balaban J connectivity index is 2.28. The topological polar surface area (TPSA) is 41.5 Å². The number of ether oxygens (including phenoxy) is 1. The van der Waals surface area contributed by atoms with Gasteiger partial charge >= 0.3 is 0 Å². The predicted molar refractivity (Wildman–Crippen MR) is 73.0 cm³/mol. The van der Waals surface area contributed by atoms with E-state index >= 15 is 0 Å². The molecule has 1 unspecified atom stereocenters. The molecule has 0 bridgehead atoms. The van der Waals surface area contributed by atoms with Crippen LogP contribution >= 0.6 is 0 Å². The molecule has 1 heterocycles. The third-order valence-corrected chi connectivity index (χ3v) is 3.98. The molecule has 0 amide bonds. The monoisotopic (exact) mass is 267 g/mol. The molecule has 19 heavy (non-hydrogen) atoms. The summed E-state index contributed by atoms with van der Waals surface area (Å²) in [4.78, 5) is 0. The number of aliphatic hydroxyl groups is 1. The van der Waals surface area contributed by atoms with Gasteiger partial charge in [-0.1, -0.05) is 0 Å². The van der Waals surface area contributed by atoms with Crippen molar-refractivity contribution in [2.24, 2.45) is 5.92 Å². The van der Waals surface area contributed by atoms with Crippen molar-refractivity contribution in [3.8, 4) is 5.75 Å². The largest absolute Gasteiger partial charge is 0.496 e. The molecule has 1 saturated heterocycles. The Labute approximate surface area is 113 Å². The first-order chi connectivity index (χ1) is 9.26. The fourth-order valence-electron chi connectivity index (χ4n) is 3.03. The molecule has 4 heteroatoms. The number of piperidine rings is 1. The number of hydrogen-bond acceptors (Lipinski definition) is 3. The minimum absolute atomic E-state index is 0.119. The lowest BCUT2D eigenvalue weighted by Gasteiger charge is -2.31. The van der Waals surface area contributed by atoms with Gasteiger partial charge in [0.2, 0.25) is 0 Å². The Morgan fingerprint density at radius 1 is 1.42 bits per heavy atom. The molecular formula is C15H22FNO2. The Morgan fingerprint density at radius 3 is 2.79 bits per heavy atom. The Bertz CT molecular complexity index is 405. The molecule has 1 aromatic rings. The van der Waals surface area contributed by atoms with Crippen LogP contribution in [0.4, 0.5) is 4.39 Å². The van der Waals surface area contributed by atoms with Crippen LogP contribution < -0.4 is 10.1 Å². The summed E-state index contributed by atoms with van der Waals surface area (Å²) in [5.41, 5.74) is 0.892. The molecule has 1 aromatic carbocycles. The third-order valence-electron chi connectivity index (χ3n) is 3.98. The van der Waals surface area contributed by atoms with Crippen molar-refractivity contribution in [3.63, 3.8) is 0 Å². The molecule has 2 rings (SSSR count). The highest BCUT2D eigenvalue weighted by Crippen LogP contribution is 2.38. The average molecular weight is 267 g/mol. The van der Waals surface area contributed by atoms with E-state index in [9.17, 15) is 9.50 Å². The maximum Gasteiger partial charge on any atom is 0.123 e. The van der Waals surface area contributed by atoms with Gasteiger partial charge in [-0.25, -0.2) is 4.39 Å². The van der Waals surface area contributed by atoms with Crippen molar-refractivity contribution in [2.75, 3.05) is 26.8 Å². The molecule has 1 fully saturated rings. The number of nitrogens with one attached hydrogen (secondary N) is 1. The van der Waals surface area contributed by atoms with Crippen LogP contribution in [-0.4, -0.2) is 31.9 Å². The van der Waals surface area contributed by atoms with Crippen molar-refractivity contribution in [3.05, 3.63) is 29.6 Å². The van der Waals surface area contributed by atoms with E-state index in [4.69, 9.17) is 4.74 Å². The number of benzene rings is 1. The molecule has 1 aliphatic rings. The lowest BCUT2D eigenvalue weighted by atomic mass is 9.78. The summed E-state index contributed by atoms with van der Waals surface area (Å²) in [5.74, 6) is 1.12. The van der Waals surface area contributed by atoms with Crippen LogP contribution in [0.5, 0.6) is 5.75 Å². The van der Waals surface area contributed by atoms with Gasteiger partial charge in [0.25, 0.3) is 0 Å². The first-order valence-corrected chi connectivity index (χ1v) is 6.91. The fraction of sp³-hybridized carbons (Fsp3) is 0.600. The van der Waals surface area contributed by atoms with Gasteiger partial charge in [0.15, 0.2) is 0 Å². The summed E-state index contributed by atoms with van der Waals surface area (Å²) in [5, 5.41) is 12.6. The zero-order chi connectivity index (χ0) is 13.7. The molecule has 2 N–H and O–H groups in total. The van der Waals surface area contributed by atoms with E-state index in [-0.39, 0.29) is 18.3 Å². The average Bonchev–Trinajstić information content (AvgIpc) is 2.45. The predicted octanol–water partition coefficient (Wildman–Crippen LogP) is 2.30. The number of halogens is 1. The van der Waals surface area contributed by atoms with E-state index in [1.165, 1.54) is 6.07 Å². The second-order valence-electron chi connectivity index (χ2n) is 5.09. The van der Waals surface area contributed by atoms with Crippen LogP contribution in [0.2, 0.25) is 0 Å². The van der Waals surface area contributed by atoms with Gasteiger partial charge < -0.3 is 15.2 Å². The minimum atomic E-state index is -0.243. The molecule has 0 spiro atoms. The van der Waals surface area contributed by atoms with Crippen molar-refractivity contribution in [1.29, 1.82) is 0 Å². The van der Waals surface area contributed by atoms with Gasteiger partial charge in [-0.2, -0.15) is 0 Å². The summed E-state index contributed by atoms with van der Waals surface area (Å²) in [7, 11) is 1.61. The number of aliphatic hydroxyl groups excluding tert-OH is 1.